The number of rotatable bonds is 7. The number of aryl methyl sites for hydroxylation is 2. The molecule has 0 saturated heterocycles. The molecule has 2 aromatic carbocycles. The third-order valence-corrected chi connectivity index (χ3v) is 7.50. The second kappa shape index (κ2) is 9.01. The van der Waals surface area contributed by atoms with E-state index in [2.05, 4.69) is 89.3 Å². The van der Waals surface area contributed by atoms with Gasteiger partial charge in [-0.05, 0) is 86.1 Å². The summed E-state index contributed by atoms with van der Waals surface area (Å²) in [4.78, 5) is 0. The minimum atomic E-state index is 1.14. The number of benzene rings is 2. The fourth-order valence-electron chi connectivity index (χ4n) is 2.82. The Morgan fingerprint density at radius 2 is 0.917 bits per heavy atom. The third-order valence-electron chi connectivity index (χ3n) is 5.23. The molecule has 0 aliphatic carbocycles. The zero-order chi connectivity index (χ0) is 17.7. The van der Waals surface area contributed by atoms with Gasteiger partial charge in [-0.2, -0.15) is 23.5 Å². The first kappa shape index (κ1) is 19.5. The smallest absolute Gasteiger partial charge is 0.0187 e. The number of thioether (sulfide) groups is 2. The van der Waals surface area contributed by atoms with E-state index in [0.29, 0.717) is 0 Å². The van der Waals surface area contributed by atoms with E-state index in [1.165, 1.54) is 56.0 Å². The number of hydrogen-bond acceptors (Lipinski definition) is 2. The minimum Gasteiger partial charge on any atom is -0.156 e. The molecule has 0 nitrogen and oxygen atoms in total. The minimum absolute atomic E-state index is 1.14. The molecule has 0 amide bonds. The molecule has 0 radical (unpaired) electrons. The Bertz CT molecular complexity index is 640. The van der Waals surface area contributed by atoms with Gasteiger partial charge < -0.3 is 0 Å². The average molecular weight is 359 g/mol. The summed E-state index contributed by atoms with van der Waals surface area (Å²) in [6, 6.07) is 9.12. The van der Waals surface area contributed by atoms with Gasteiger partial charge in [0.15, 0.2) is 0 Å². The molecule has 0 saturated carbocycles. The van der Waals surface area contributed by atoms with E-state index in [-0.39, 0.29) is 0 Å². The highest BCUT2D eigenvalue weighted by Gasteiger charge is 2.05. The van der Waals surface area contributed by atoms with Crippen LogP contribution in [0.25, 0.3) is 0 Å². The molecule has 0 atom stereocenters. The largest absolute Gasteiger partial charge is 0.156 e. The van der Waals surface area contributed by atoms with Gasteiger partial charge >= 0.3 is 0 Å². The van der Waals surface area contributed by atoms with Gasteiger partial charge in [0.2, 0.25) is 0 Å². The van der Waals surface area contributed by atoms with Crippen molar-refractivity contribution in [2.75, 3.05) is 11.5 Å². The monoisotopic (exact) mass is 358 g/mol. The highest BCUT2D eigenvalue weighted by molar-refractivity contribution is 8.02. The Morgan fingerprint density at radius 3 is 1.29 bits per heavy atom. The molecular weight excluding hydrogens is 328 g/mol. The van der Waals surface area contributed by atoms with E-state index in [0.717, 1.165) is 11.5 Å². The van der Waals surface area contributed by atoms with Gasteiger partial charge in [0.25, 0.3) is 0 Å². The molecule has 130 valence electrons. The van der Waals surface area contributed by atoms with Crippen LogP contribution in [0, 0.1) is 41.5 Å². The maximum atomic E-state index is 2.30. The summed E-state index contributed by atoms with van der Waals surface area (Å²) >= 11 is 4.12. The van der Waals surface area contributed by atoms with Crippen LogP contribution in [0.5, 0.6) is 0 Å². The van der Waals surface area contributed by atoms with E-state index in [9.17, 15) is 0 Å². The first-order chi connectivity index (χ1) is 11.4. The zero-order valence-corrected chi connectivity index (χ0v) is 17.6. The van der Waals surface area contributed by atoms with Gasteiger partial charge in [-0.25, -0.2) is 0 Å². The molecule has 0 aliphatic heterocycles. The van der Waals surface area contributed by atoms with Crippen molar-refractivity contribution in [2.45, 2.75) is 53.0 Å². The molecule has 2 heteroatoms. The molecule has 2 aromatic rings. The molecule has 0 heterocycles. The summed E-state index contributed by atoms with van der Waals surface area (Å²) < 4.78 is 0. The highest BCUT2D eigenvalue weighted by atomic mass is 32.2. The lowest BCUT2D eigenvalue weighted by atomic mass is 10.00. The predicted molar refractivity (Wildman–Crippen MR) is 114 cm³/mol. The Balaban J connectivity index is 1.75. The molecule has 0 spiro atoms. The van der Waals surface area contributed by atoms with Crippen LogP contribution in [0.1, 0.15) is 44.5 Å². The van der Waals surface area contributed by atoms with Crippen LogP contribution in [0.2, 0.25) is 0 Å². The molecule has 0 aliphatic rings. The van der Waals surface area contributed by atoms with Crippen LogP contribution < -0.4 is 0 Å². The lowest BCUT2D eigenvalue weighted by molar-refractivity contribution is 1.20. The normalized spacial score (nSPS) is 11.1. The van der Waals surface area contributed by atoms with E-state index < -0.39 is 0 Å². The third kappa shape index (κ3) is 4.83. The first-order valence-corrected chi connectivity index (χ1v) is 11.0. The van der Waals surface area contributed by atoms with E-state index in [1.807, 2.05) is 0 Å². The summed E-state index contributed by atoms with van der Waals surface area (Å²) in [6.45, 7) is 13.4. The van der Waals surface area contributed by atoms with Crippen molar-refractivity contribution in [2.24, 2.45) is 0 Å². The van der Waals surface area contributed by atoms with Crippen LogP contribution >= 0.6 is 23.5 Å². The molecule has 0 fully saturated rings. The molecule has 2 rings (SSSR count). The van der Waals surface area contributed by atoms with Crippen molar-refractivity contribution in [3.8, 4) is 0 Å². The summed E-state index contributed by atoms with van der Waals surface area (Å²) in [7, 11) is 0. The van der Waals surface area contributed by atoms with Crippen LogP contribution in [-0.2, 0) is 11.5 Å². The van der Waals surface area contributed by atoms with Gasteiger partial charge in [0.05, 0.1) is 0 Å². The van der Waals surface area contributed by atoms with Crippen molar-refractivity contribution in [1.29, 1.82) is 0 Å². The second-order valence-electron chi connectivity index (χ2n) is 6.69. The fourth-order valence-corrected chi connectivity index (χ4v) is 5.12. The highest BCUT2D eigenvalue weighted by Crippen LogP contribution is 2.24. The lowest BCUT2D eigenvalue weighted by Gasteiger charge is -2.12. The Hall–Kier alpha value is -0.860. The SMILES string of the molecule is Cc1ccc(CSCCSCc2ccc(C)c(C)c2C)c(C)c1C. The van der Waals surface area contributed by atoms with Crippen LogP contribution in [0.15, 0.2) is 24.3 Å². The van der Waals surface area contributed by atoms with Gasteiger partial charge in [-0.15, -0.1) is 0 Å². The van der Waals surface area contributed by atoms with E-state index in [1.54, 1.807) is 0 Å². The van der Waals surface area contributed by atoms with E-state index >= 15 is 0 Å². The van der Waals surface area contributed by atoms with Crippen molar-refractivity contribution in [3.63, 3.8) is 0 Å². The van der Waals surface area contributed by atoms with Crippen molar-refractivity contribution in [3.05, 3.63) is 68.8 Å². The maximum absolute atomic E-state index is 2.30. The number of hydrogen-bond donors (Lipinski definition) is 0. The zero-order valence-electron chi connectivity index (χ0n) is 16.0. The summed E-state index contributed by atoms with van der Waals surface area (Å²) in [6.07, 6.45) is 0. The first-order valence-electron chi connectivity index (χ1n) is 8.68. The van der Waals surface area contributed by atoms with Crippen LogP contribution in [-0.4, -0.2) is 11.5 Å². The van der Waals surface area contributed by atoms with Crippen molar-refractivity contribution < 1.29 is 0 Å². The molecule has 0 N–H and O–H groups in total. The van der Waals surface area contributed by atoms with E-state index in [4.69, 9.17) is 0 Å². The Labute approximate surface area is 156 Å². The van der Waals surface area contributed by atoms with Crippen molar-refractivity contribution in [1.82, 2.24) is 0 Å². The second-order valence-corrected chi connectivity index (χ2v) is 8.90. The maximum Gasteiger partial charge on any atom is 0.0187 e. The van der Waals surface area contributed by atoms with Gasteiger partial charge in [-0.1, -0.05) is 24.3 Å². The van der Waals surface area contributed by atoms with Gasteiger partial charge in [0, 0.05) is 23.0 Å². The molecule has 0 bridgehead atoms. The molecule has 0 aromatic heterocycles. The van der Waals surface area contributed by atoms with Crippen LogP contribution in [0.4, 0.5) is 0 Å². The lowest BCUT2D eigenvalue weighted by Crippen LogP contribution is -1.96. The average Bonchev–Trinajstić information content (AvgIpc) is 2.57. The molecular formula is C22H30S2. The Morgan fingerprint density at radius 1 is 0.542 bits per heavy atom. The van der Waals surface area contributed by atoms with Crippen LogP contribution in [0.3, 0.4) is 0 Å². The summed E-state index contributed by atoms with van der Waals surface area (Å²) in [5.74, 6) is 4.72. The predicted octanol–water partition coefficient (Wildman–Crippen LogP) is 6.70. The van der Waals surface area contributed by atoms with Gasteiger partial charge in [0.1, 0.15) is 0 Å². The summed E-state index contributed by atoms with van der Waals surface area (Å²) in [5.41, 5.74) is 11.7. The molecule has 0 unspecified atom stereocenters. The standard InChI is InChI=1S/C22H30S2/c1-15-7-9-21(19(5)17(15)3)13-23-11-12-24-14-22-10-8-16(2)18(4)20(22)6/h7-10H,11-14H2,1-6H3. The Kier molecular flexibility index (Phi) is 7.31. The quantitative estimate of drug-likeness (QED) is 0.505. The topological polar surface area (TPSA) is 0 Å². The fraction of sp³-hybridized carbons (Fsp3) is 0.455. The molecule has 24 heavy (non-hydrogen) atoms. The van der Waals surface area contributed by atoms with Gasteiger partial charge in [-0.3, -0.25) is 0 Å². The van der Waals surface area contributed by atoms with Crippen molar-refractivity contribution >= 4 is 23.5 Å². The summed E-state index contributed by atoms with van der Waals surface area (Å²) in [5, 5.41) is 0.